The van der Waals surface area contributed by atoms with Crippen molar-refractivity contribution in [1.82, 2.24) is 0 Å². The van der Waals surface area contributed by atoms with Crippen LogP contribution in [0, 0.1) is 5.92 Å². The lowest BCUT2D eigenvalue weighted by atomic mass is 9.96. The van der Waals surface area contributed by atoms with Crippen LogP contribution in [0.1, 0.15) is 12.0 Å². The molecule has 5 heteroatoms. The Morgan fingerprint density at radius 1 is 1.35 bits per heavy atom. The molecule has 1 aliphatic heterocycles. The standard InChI is InChI=1S/C12H15N3O2/c13-12(14)15-11(16)9-5-6-17-10-4-2-1-3-8(10)7-9/h1-4,9H,5-7H2,(H4,13,14,15,16). The minimum Gasteiger partial charge on any atom is -0.493 e. The Bertz CT molecular complexity index is 453. The molecule has 0 fully saturated rings. The monoisotopic (exact) mass is 233 g/mol. The van der Waals surface area contributed by atoms with Crippen LogP contribution < -0.4 is 16.2 Å². The normalized spacial score (nSPS) is 18.5. The quantitative estimate of drug-likeness (QED) is 0.543. The molecular formula is C12H15N3O2. The van der Waals surface area contributed by atoms with Gasteiger partial charge in [-0.05, 0) is 24.5 Å². The second kappa shape index (κ2) is 4.86. The van der Waals surface area contributed by atoms with Crippen molar-refractivity contribution in [3.63, 3.8) is 0 Å². The van der Waals surface area contributed by atoms with Gasteiger partial charge in [-0.3, -0.25) is 4.79 Å². The summed E-state index contributed by atoms with van der Waals surface area (Å²) < 4.78 is 5.57. The Balaban J connectivity index is 2.18. The number of benzene rings is 1. The number of nitrogens with two attached hydrogens (primary N) is 2. The highest BCUT2D eigenvalue weighted by molar-refractivity contribution is 5.92. The Kier molecular flexibility index (Phi) is 3.27. The van der Waals surface area contributed by atoms with E-state index in [2.05, 4.69) is 4.99 Å². The molecule has 0 bridgehead atoms. The first-order valence-electron chi connectivity index (χ1n) is 5.51. The molecule has 0 saturated heterocycles. The van der Waals surface area contributed by atoms with Crippen LogP contribution >= 0.6 is 0 Å². The van der Waals surface area contributed by atoms with E-state index in [1.807, 2.05) is 24.3 Å². The van der Waals surface area contributed by atoms with Gasteiger partial charge in [0.15, 0.2) is 5.96 Å². The molecule has 2 rings (SSSR count). The number of aliphatic imine (C=N–C) groups is 1. The van der Waals surface area contributed by atoms with Crippen molar-refractivity contribution in [3.05, 3.63) is 29.8 Å². The van der Waals surface area contributed by atoms with Crippen LogP contribution in [-0.2, 0) is 11.2 Å². The Morgan fingerprint density at radius 3 is 2.88 bits per heavy atom. The summed E-state index contributed by atoms with van der Waals surface area (Å²) in [5, 5.41) is 0. The molecule has 0 saturated carbocycles. The molecule has 5 nitrogen and oxygen atoms in total. The molecular weight excluding hydrogens is 218 g/mol. The average molecular weight is 233 g/mol. The van der Waals surface area contributed by atoms with Gasteiger partial charge in [0.25, 0.3) is 5.91 Å². The lowest BCUT2D eigenvalue weighted by molar-refractivity contribution is -0.121. The molecule has 0 aromatic heterocycles. The fourth-order valence-corrected chi connectivity index (χ4v) is 1.92. The van der Waals surface area contributed by atoms with Gasteiger partial charge in [0.2, 0.25) is 0 Å². The maximum atomic E-state index is 11.8. The second-order valence-corrected chi connectivity index (χ2v) is 4.02. The Morgan fingerprint density at radius 2 is 2.12 bits per heavy atom. The fraction of sp³-hybridized carbons (Fsp3) is 0.333. The number of carbonyl (C=O) groups is 1. The Hall–Kier alpha value is -2.04. The van der Waals surface area contributed by atoms with Crippen molar-refractivity contribution in [3.8, 4) is 5.75 Å². The van der Waals surface area contributed by atoms with Gasteiger partial charge in [-0.25, -0.2) is 0 Å². The number of guanidine groups is 1. The zero-order valence-corrected chi connectivity index (χ0v) is 9.43. The number of hydrogen-bond donors (Lipinski definition) is 2. The summed E-state index contributed by atoms with van der Waals surface area (Å²) in [6, 6.07) is 7.70. The minimum atomic E-state index is -0.273. The van der Waals surface area contributed by atoms with E-state index in [4.69, 9.17) is 16.2 Å². The van der Waals surface area contributed by atoms with E-state index in [1.165, 1.54) is 0 Å². The molecule has 1 aromatic rings. The number of para-hydroxylation sites is 1. The van der Waals surface area contributed by atoms with Crippen molar-refractivity contribution in [2.75, 3.05) is 6.61 Å². The number of rotatable bonds is 1. The SMILES string of the molecule is NC(N)=NC(=O)C1CCOc2ccccc2C1. The summed E-state index contributed by atoms with van der Waals surface area (Å²) in [6.45, 7) is 0.507. The van der Waals surface area contributed by atoms with E-state index >= 15 is 0 Å². The zero-order valence-electron chi connectivity index (χ0n) is 9.43. The van der Waals surface area contributed by atoms with Crippen LogP contribution in [-0.4, -0.2) is 18.5 Å². The molecule has 1 aromatic carbocycles. The first-order valence-corrected chi connectivity index (χ1v) is 5.51. The summed E-state index contributed by atoms with van der Waals surface area (Å²) in [5.41, 5.74) is 11.4. The molecule has 1 aliphatic rings. The van der Waals surface area contributed by atoms with E-state index < -0.39 is 0 Å². The van der Waals surface area contributed by atoms with Crippen LogP contribution in [0.5, 0.6) is 5.75 Å². The molecule has 90 valence electrons. The van der Waals surface area contributed by atoms with Gasteiger partial charge in [0, 0.05) is 5.92 Å². The van der Waals surface area contributed by atoms with Gasteiger partial charge in [0.1, 0.15) is 5.75 Å². The molecule has 0 spiro atoms. The maximum Gasteiger partial charge on any atom is 0.252 e. The van der Waals surface area contributed by atoms with Gasteiger partial charge in [-0.1, -0.05) is 18.2 Å². The van der Waals surface area contributed by atoms with E-state index in [0.717, 1.165) is 11.3 Å². The smallest absolute Gasteiger partial charge is 0.252 e. The number of ether oxygens (including phenoxy) is 1. The molecule has 0 radical (unpaired) electrons. The van der Waals surface area contributed by atoms with Crippen LogP contribution in [0.15, 0.2) is 29.3 Å². The van der Waals surface area contributed by atoms with Crippen LogP contribution in [0.4, 0.5) is 0 Å². The first-order chi connectivity index (χ1) is 8.16. The zero-order chi connectivity index (χ0) is 12.3. The third-order valence-electron chi connectivity index (χ3n) is 2.75. The third kappa shape index (κ3) is 2.75. The van der Waals surface area contributed by atoms with Crippen molar-refractivity contribution >= 4 is 11.9 Å². The van der Waals surface area contributed by atoms with Crippen molar-refractivity contribution < 1.29 is 9.53 Å². The van der Waals surface area contributed by atoms with Crippen molar-refractivity contribution in [1.29, 1.82) is 0 Å². The van der Waals surface area contributed by atoms with Gasteiger partial charge in [-0.15, -0.1) is 0 Å². The van der Waals surface area contributed by atoms with Crippen LogP contribution in [0.25, 0.3) is 0 Å². The highest BCUT2D eigenvalue weighted by Crippen LogP contribution is 2.27. The number of hydrogen-bond acceptors (Lipinski definition) is 2. The summed E-state index contributed by atoms with van der Waals surface area (Å²) >= 11 is 0. The average Bonchev–Trinajstić information content (AvgIpc) is 2.49. The number of nitrogens with zero attached hydrogens (tertiary/aromatic N) is 1. The minimum absolute atomic E-state index is 0.187. The van der Waals surface area contributed by atoms with E-state index in [9.17, 15) is 4.79 Å². The Labute approximate surface area is 99.5 Å². The third-order valence-corrected chi connectivity index (χ3v) is 2.75. The maximum absolute atomic E-state index is 11.8. The molecule has 0 aliphatic carbocycles. The molecule has 4 N–H and O–H groups in total. The van der Waals surface area contributed by atoms with Gasteiger partial charge in [0.05, 0.1) is 6.61 Å². The van der Waals surface area contributed by atoms with E-state index in [-0.39, 0.29) is 17.8 Å². The van der Waals surface area contributed by atoms with Gasteiger partial charge < -0.3 is 16.2 Å². The van der Waals surface area contributed by atoms with E-state index in [1.54, 1.807) is 0 Å². The number of amides is 1. The summed E-state index contributed by atoms with van der Waals surface area (Å²) in [6.07, 6.45) is 1.25. The first kappa shape index (κ1) is 11.4. The lowest BCUT2D eigenvalue weighted by Crippen LogP contribution is -2.27. The summed E-state index contributed by atoms with van der Waals surface area (Å²) in [7, 11) is 0. The molecule has 1 heterocycles. The molecule has 1 atom stereocenters. The largest absolute Gasteiger partial charge is 0.493 e. The number of carbonyl (C=O) groups excluding carboxylic acids is 1. The van der Waals surface area contributed by atoms with Gasteiger partial charge in [-0.2, -0.15) is 4.99 Å². The summed E-state index contributed by atoms with van der Waals surface area (Å²) in [4.78, 5) is 15.4. The van der Waals surface area contributed by atoms with E-state index in [0.29, 0.717) is 19.4 Å². The highest BCUT2D eigenvalue weighted by Gasteiger charge is 2.23. The molecule has 1 amide bonds. The predicted octanol–water partition coefficient (Wildman–Crippen LogP) is 0.428. The highest BCUT2D eigenvalue weighted by atomic mass is 16.5. The van der Waals surface area contributed by atoms with Crippen LogP contribution in [0.3, 0.4) is 0 Å². The molecule has 1 unspecified atom stereocenters. The predicted molar refractivity (Wildman–Crippen MR) is 64.6 cm³/mol. The summed E-state index contributed by atoms with van der Waals surface area (Å²) in [5.74, 6) is 0.173. The second-order valence-electron chi connectivity index (χ2n) is 4.02. The van der Waals surface area contributed by atoms with Gasteiger partial charge >= 0.3 is 0 Å². The van der Waals surface area contributed by atoms with Crippen molar-refractivity contribution in [2.45, 2.75) is 12.8 Å². The molecule has 17 heavy (non-hydrogen) atoms. The van der Waals surface area contributed by atoms with Crippen molar-refractivity contribution in [2.24, 2.45) is 22.4 Å². The van der Waals surface area contributed by atoms with Crippen LogP contribution in [0.2, 0.25) is 0 Å². The topological polar surface area (TPSA) is 90.7 Å². The lowest BCUT2D eigenvalue weighted by Gasteiger charge is -2.08. The fourth-order valence-electron chi connectivity index (χ4n) is 1.92. The number of fused-ring (bicyclic) bond motifs is 1.